The molecule has 1 N–H and O–H groups in total. The quantitative estimate of drug-likeness (QED) is 0.743. The van der Waals surface area contributed by atoms with E-state index >= 15 is 0 Å². The molecule has 0 aliphatic carbocycles. The molecular formula is C17H13NO2S2. The monoisotopic (exact) mass is 327 g/mol. The van der Waals surface area contributed by atoms with Crippen molar-refractivity contribution in [2.45, 2.75) is 0 Å². The van der Waals surface area contributed by atoms with Crippen molar-refractivity contribution >= 4 is 50.3 Å². The van der Waals surface area contributed by atoms with Gasteiger partial charge in [0.15, 0.2) is 0 Å². The van der Waals surface area contributed by atoms with Crippen molar-refractivity contribution in [1.29, 1.82) is 0 Å². The summed E-state index contributed by atoms with van der Waals surface area (Å²) in [5.41, 5.74) is 1.98. The predicted molar refractivity (Wildman–Crippen MR) is 94.0 cm³/mol. The number of thioether (sulfide) groups is 1. The van der Waals surface area contributed by atoms with Crippen LogP contribution in [-0.4, -0.2) is 21.8 Å². The SMILES string of the molecule is O=C(O)CS/C(=C/c1ccccc1)c1nc2ccccc2s1. The average Bonchev–Trinajstić information content (AvgIpc) is 2.96. The number of carbonyl (C=O) groups is 1. The molecule has 2 aromatic carbocycles. The van der Waals surface area contributed by atoms with E-state index in [2.05, 4.69) is 4.98 Å². The topological polar surface area (TPSA) is 50.2 Å². The first-order chi connectivity index (χ1) is 10.7. The van der Waals surface area contributed by atoms with Crippen LogP contribution in [0.2, 0.25) is 0 Å². The number of nitrogens with zero attached hydrogens (tertiary/aromatic N) is 1. The van der Waals surface area contributed by atoms with Crippen molar-refractivity contribution < 1.29 is 9.90 Å². The zero-order valence-corrected chi connectivity index (χ0v) is 13.2. The van der Waals surface area contributed by atoms with E-state index in [9.17, 15) is 4.79 Å². The Morgan fingerprint density at radius 2 is 1.86 bits per heavy atom. The van der Waals surface area contributed by atoms with Crippen molar-refractivity contribution in [2.24, 2.45) is 0 Å². The van der Waals surface area contributed by atoms with Crippen LogP contribution in [0.15, 0.2) is 54.6 Å². The Morgan fingerprint density at radius 1 is 1.14 bits per heavy atom. The molecular weight excluding hydrogens is 314 g/mol. The Labute approximate surface area is 136 Å². The summed E-state index contributed by atoms with van der Waals surface area (Å²) >= 11 is 2.89. The van der Waals surface area contributed by atoms with E-state index in [-0.39, 0.29) is 5.75 Å². The molecule has 0 atom stereocenters. The lowest BCUT2D eigenvalue weighted by Crippen LogP contribution is -1.97. The predicted octanol–water partition coefficient (Wildman–Crippen LogP) is 4.61. The number of benzene rings is 2. The van der Waals surface area contributed by atoms with Gasteiger partial charge in [-0.25, -0.2) is 4.98 Å². The van der Waals surface area contributed by atoms with Gasteiger partial charge >= 0.3 is 5.97 Å². The molecule has 0 spiro atoms. The fourth-order valence-corrected chi connectivity index (χ4v) is 3.83. The normalized spacial score (nSPS) is 11.7. The van der Waals surface area contributed by atoms with Gasteiger partial charge in [0.05, 0.1) is 16.0 Å². The fraction of sp³-hybridized carbons (Fsp3) is 0.0588. The largest absolute Gasteiger partial charge is 0.481 e. The van der Waals surface area contributed by atoms with Gasteiger partial charge in [0.1, 0.15) is 5.01 Å². The summed E-state index contributed by atoms with van der Waals surface area (Å²) in [4.78, 5) is 16.4. The Morgan fingerprint density at radius 3 is 2.59 bits per heavy atom. The Kier molecular flexibility index (Phi) is 4.56. The molecule has 0 saturated carbocycles. The smallest absolute Gasteiger partial charge is 0.313 e. The number of fused-ring (bicyclic) bond motifs is 1. The third-order valence-corrected chi connectivity index (χ3v) is 5.17. The number of aliphatic carboxylic acids is 1. The lowest BCUT2D eigenvalue weighted by Gasteiger charge is -2.02. The highest BCUT2D eigenvalue weighted by molar-refractivity contribution is 8.09. The minimum Gasteiger partial charge on any atom is -0.481 e. The number of carboxylic acids is 1. The molecule has 0 aliphatic rings. The van der Waals surface area contributed by atoms with Crippen molar-refractivity contribution in [3.8, 4) is 0 Å². The summed E-state index contributed by atoms with van der Waals surface area (Å²) in [5.74, 6) is -0.806. The van der Waals surface area contributed by atoms with E-state index < -0.39 is 5.97 Å². The maximum Gasteiger partial charge on any atom is 0.313 e. The summed E-state index contributed by atoms with van der Waals surface area (Å²) in [5, 5.41) is 9.81. The van der Waals surface area contributed by atoms with Crippen LogP contribution in [0.25, 0.3) is 21.2 Å². The van der Waals surface area contributed by atoms with E-state index in [0.717, 1.165) is 25.7 Å². The zero-order chi connectivity index (χ0) is 15.4. The van der Waals surface area contributed by atoms with E-state index in [1.165, 1.54) is 11.8 Å². The number of aromatic nitrogens is 1. The second kappa shape index (κ2) is 6.77. The van der Waals surface area contributed by atoms with Crippen LogP contribution in [0.4, 0.5) is 0 Å². The van der Waals surface area contributed by atoms with Gasteiger partial charge in [0, 0.05) is 4.91 Å². The first-order valence-corrected chi connectivity index (χ1v) is 8.50. The van der Waals surface area contributed by atoms with Gasteiger partial charge in [-0.05, 0) is 23.8 Å². The first-order valence-electron chi connectivity index (χ1n) is 6.69. The number of thiazole rings is 1. The molecule has 3 nitrogen and oxygen atoms in total. The Bertz CT molecular complexity index is 792. The molecule has 0 aliphatic heterocycles. The molecule has 0 radical (unpaired) electrons. The third kappa shape index (κ3) is 3.55. The molecule has 1 heterocycles. The number of para-hydroxylation sites is 1. The molecule has 22 heavy (non-hydrogen) atoms. The van der Waals surface area contributed by atoms with Gasteiger partial charge in [-0.2, -0.15) is 0 Å². The minimum absolute atomic E-state index is 0.0224. The van der Waals surface area contributed by atoms with E-state index in [1.807, 2.05) is 60.7 Å². The van der Waals surface area contributed by atoms with Gasteiger partial charge in [-0.1, -0.05) is 42.5 Å². The van der Waals surface area contributed by atoms with Crippen molar-refractivity contribution in [1.82, 2.24) is 4.98 Å². The molecule has 0 fully saturated rings. The van der Waals surface area contributed by atoms with Crippen LogP contribution in [0.3, 0.4) is 0 Å². The molecule has 110 valence electrons. The molecule has 3 aromatic rings. The van der Waals surface area contributed by atoms with Gasteiger partial charge in [0.2, 0.25) is 0 Å². The van der Waals surface area contributed by atoms with Crippen LogP contribution in [0, 0.1) is 0 Å². The molecule has 0 bridgehead atoms. The van der Waals surface area contributed by atoms with Crippen LogP contribution < -0.4 is 0 Å². The number of carboxylic acid groups (broad SMARTS) is 1. The summed E-state index contributed by atoms with van der Waals surface area (Å²) < 4.78 is 1.10. The summed E-state index contributed by atoms with van der Waals surface area (Å²) in [7, 11) is 0. The first kappa shape index (κ1) is 14.8. The second-order valence-corrected chi connectivity index (χ2v) is 6.64. The van der Waals surface area contributed by atoms with Crippen LogP contribution >= 0.6 is 23.1 Å². The van der Waals surface area contributed by atoms with Gasteiger partial charge in [-0.15, -0.1) is 23.1 Å². The average molecular weight is 327 g/mol. The van der Waals surface area contributed by atoms with Crippen LogP contribution in [0.5, 0.6) is 0 Å². The van der Waals surface area contributed by atoms with E-state index in [0.29, 0.717) is 0 Å². The lowest BCUT2D eigenvalue weighted by atomic mass is 10.2. The maximum atomic E-state index is 10.9. The van der Waals surface area contributed by atoms with Crippen molar-refractivity contribution in [2.75, 3.05) is 5.75 Å². The lowest BCUT2D eigenvalue weighted by molar-refractivity contribution is -0.133. The molecule has 0 amide bonds. The summed E-state index contributed by atoms with van der Waals surface area (Å²) in [6.45, 7) is 0. The van der Waals surface area contributed by atoms with Crippen LogP contribution in [-0.2, 0) is 4.79 Å². The van der Waals surface area contributed by atoms with Gasteiger partial charge in [0.25, 0.3) is 0 Å². The molecule has 1 aromatic heterocycles. The van der Waals surface area contributed by atoms with Crippen molar-refractivity contribution in [3.05, 3.63) is 65.2 Å². The van der Waals surface area contributed by atoms with Crippen molar-refractivity contribution in [3.63, 3.8) is 0 Å². The van der Waals surface area contributed by atoms with Gasteiger partial charge < -0.3 is 5.11 Å². The second-order valence-electron chi connectivity index (χ2n) is 4.59. The Hall–Kier alpha value is -2.11. The maximum absolute atomic E-state index is 10.9. The molecule has 0 saturated heterocycles. The Balaban J connectivity index is 2.00. The van der Waals surface area contributed by atoms with Gasteiger partial charge in [-0.3, -0.25) is 4.79 Å². The summed E-state index contributed by atoms with van der Waals surface area (Å²) in [6.07, 6.45) is 1.99. The zero-order valence-electron chi connectivity index (χ0n) is 11.6. The highest BCUT2D eigenvalue weighted by Gasteiger charge is 2.11. The standard InChI is InChI=1S/C17H13NO2S2/c19-16(20)11-21-15(10-12-6-2-1-3-7-12)17-18-13-8-4-5-9-14(13)22-17/h1-10H,11H2,(H,19,20)/b15-10+. The van der Waals surface area contributed by atoms with Crippen LogP contribution in [0.1, 0.15) is 10.6 Å². The van der Waals surface area contributed by atoms with E-state index in [1.54, 1.807) is 11.3 Å². The van der Waals surface area contributed by atoms with E-state index in [4.69, 9.17) is 5.11 Å². The third-order valence-electron chi connectivity index (χ3n) is 2.95. The number of hydrogen-bond donors (Lipinski definition) is 1. The fourth-order valence-electron chi connectivity index (χ4n) is 1.98. The molecule has 0 unspecified atom stereocenters. The number of hydrogen-bond acceptors (Lipinski definition) is 4. The number of rotatable bonds is 5. The highest BCUT2D eigenvalue weighted by Crippen LogP contribution is 2.35. The molecule has 3 rings (SSSR count). The minimum atomic E-state index is -0.829. The highest BCUT2D eigenvalue weighted by atomic mass is 32.2. The molecule has 5 heteroatoms. The summed E-state index contributed by atoms with van der Waals surface area (Å²) in [6, 6.07) is 17.8.